The lowest BCUT2D eigenvalue weighted by Crippen LogP contribution is -2.00. The van der Waals surface area contributed by atoms with Crippen LogP contribution in [0.15, 0.2) is 28.7 Å². The molecule has 0 fully saturated rings. The number of methoxy groups -OCH3 is 1. The van der Waals surface area contributed by atoms with Gasteiger partial charge in [0.05, 0.1) is 24.1 Å². The Morgan fingerprint density at radius 3 is 2.65 bits per heavy atom. The number of pyridine rings is 1. The molecule has 0 aliphatic rings. The van der Waals surface area contributed by atoms with E-state index in [4.69, 9.17) is 4.74 Å². The summed E-state index contributed by atoms with van der Waals surface area (Å²) in [6, 6.07) is 9.72. The van der Waals surface area contributed by atoms with Gasteiger partial charge in [-0.05, 0) is 32.0 Å². The smallest absolute Gasteiger partial charge is 0.122 e. The normalized spacial score (nSPS) is 9.95. The maximum Gasteiger partial charge on any atom is 0.122 e. The van der Waals surface area contributed by atoms with Crippen LogP contribution in [-0.4, -0.2) is 12.1 Å². The second-order valence-electron chi connectivity index (χ2n) is 4.39. The number of hydrogen-bond donors (Lipinski definition) is 1. The molecule has 0 atom stereocenters. The van der Waals surface area contributed by atoms with E-state index in [2.05, 4.69) is 32.3 Å². The van der Waals surface area contributed by atoms with Gasteiger partial charge in [0.25, 0.3) is 0 Å². The van der Waals surface area contributed by atoms with Gasteiger partial charge in [-0.3, -0.25) is 4.98 Å². The third-order valence-corrected chi connectivity index (χ3v) is 3.28. The first-order chi connectivity index (χ1) is 9.53. The summed E-state index contributed by atoms with van der Waals surface area (Å²) in [6.07, 6.45) is 0. The van der Waals surface area contributed by atoms with Gasteiger partial charge in [0, 0.05) is 21.9 Å². The van der Waals surface area contributed by atoms with Gasteiger partial charge in [-0.15, -0.1) is 0 Å². The molecule has 0 amide bonds. The van der Waals surface area contributed by atoms with Crippen LogP contribution in [-0.2, 0) is 0 Å². The van der Waals surface area contributed by atoms with Crippen molar-refractivity contribution >= 4 is 27.3 Å². The zero-order valence-electron chi connectivity index (χ0n) is 11.5. The summed E-state index contributed by atoms with van der Waals surface area (Å²) in [4.78, 5) is 4.30. The summed E-state index contributed by atoms with van der Waals surface area (Å²) in [6.45, 7) is 3.74. The predicted molar refractivity (Wildman–Crippen MR) is 82.4 cm³/mol. The van der Waals surface area contributed by atoms with E-state index >= 15 is 0 Å². The molecule has 1 aromatic carbocycles. The highest BCUT2D eigenvalue weighted by Gasteiger charge is 2.09. The van der Waals surface area contributed by atoms with E-state index in [0.29, 0.717) is 5.56 Å². The van der Waals surface area contributed by atoms with Crippen LogP contribution in [0.4, 0.5) is 11.4 Å². The van der Waals surface area contributed by atoms with E-state index in [1.807, 2.05) is 38.1 Å². The molecule has 0 spiro atoms. The number of nitrogens with zero attached hydrogens (tertiary/aromatic N) is 2. The fourth-order valence-electron chi connectivity index (χ4n) is 1.98. The van der Waals surface area contributed by atoms with Crippen molar-refractivity contribution in [2.24, 2.45) is 0 Å². The van der Waals surface area contributed by atoms with Gasteiger partial charge in [-0.25, -0.2) is 0 Å². The molecule has 102 valence electrons. The van der Waals surface area contributed by atoms with Crippen LogP contribution >= 0.6 is 15.9 Å². The van der Waals surface area contributed by atoms with E-state index in [1.54, 1.807) is 7.11 Å². The molecule has 1 aromatic heterocycles. The van der Waals surface area contributed by atoms with E-state index in [1.165, 1.54) is 0 Å². The largest absolute Gasteiger partial charge is 0.497 e. The number of aryl methyl sites for hydroxylation is 2. The highest BCUT2D eigenvalue weighted by atomic mass is 79.9. The minimum atomic E-state index is 0.551. The Kier molecular flexibility index (Phi) is 4.26. The summed E-state index contributed by atoms with van der Waals surface area (Å²) in [7, 11) is 1.62. The molecule has 2 rings (SSSR count). The van der Waals surface area contributed by atoms with Crippen molar-refractivity contribution in [3.63, 3.8) is 0 Å². The Balaban J connectivity index is 2.45. The fraction of sp³-hybridized carbons (Fsp3) is 0.200. The third-order valence-electron chi connectivity index (χ3n) is 2.83. The van der Waals surface area contributed by atoms with Crippen molar-refractivity contribution in [1.29, 1.82) is 5.26 Å². The molecule has 4 nitrogen and oxygen atoms in total. The zero-order chi connectivity index (χ0) is 14.7. The van der Waals surface area contributed by atoms with Crippen LogP contribution in [0.3, 0.4) is 0 Å². The van der Waals surface area contributed by atoms with Gasteiger partial charge in [0.15, 0.2) is 0 Å². The van der Waals surface area contributed by atoms with Crippen molar-refractivity contribution < 1.29 is 4.74 Å². The maximum atomic E-state index is 9.26. The monoisotopic (exact) mass is 331 g/mol. The molecule has 0 saturated carbocycles. The molecule has 0 unspecified atom stereocenters. The van der Waals surface area contributed by atoms with Crippen molar-refractivity contribution in [3.8, 4) is 11.8 Å². The summed E-state index contributed by atoms with van der Waals surface area (Å²) in [5.74, 6) is 0.739. The fourth-order valence-corrected chi connectivity index (χ4v) is 2.45. The van der Waals surface area contributed by atoms with Gasteiger partial charge < -0.3 is 10.1 Å². The second-order valence-corrected chi connectivity index (χ2v) is 5.30. The Labute approximate surface area is 126 Å². The topological polar surface area (TPSA) is 57.9 Å². The van der Waals surface area contributed by atoms with Gasteiger partial charge >= 0.3 is 0 Å². The molecule has 2 aromatic rings. The van der Waals surface area contributed by atoms with Gasteiger partial charge in [-0.2, -0.15) is 5.26 Å². The average molecular weight is 332 g/mol. The van der Waals surface area contributed by atoms with Crippen molar-refractivity contribution in [1.82, 2.24) is 4.98 Å². The minimum absolute atomic E-state index is 0.551. The number of nitrogens with one attached hydrogen (secondary N) is 1. The lowest BCUT2D eigenvalue weighted by Gasteiger charge is -2.12. The maximum absolute atomic E-state index is 9.26. The number of benzene rings is 1. The molecule has 20 heavy (non-hydrogen) atoms. The first-order valence-corrected chi connectivity index (χ1v) is 6.82. The van der Waals surface area contributed by atoms with Gasteiger partial charge in [0.1, 0.15) is 11.8 Å². The lowest BCUT2D eigenvalue weighted by atomic mass is 10.1. The Morgan fingerprint density at radius 2 is 2.00 bits per heavy atom. The van der Waals surface area contributed by atoms with Crippen LogP contribution in [0.25, 0.3) is 0 Å². The molecular weight excluding hydrogens is 318 g/mol. The number of hydrogen-bond acceptors (Lipinski definition) is 4. The Bertz CT molecular complexity index is 692. The van der Waals surface area contributed by atoms with Crippen molar-refractivity contribution in [2.75, 3.05) is 12.4 Å². The summed E-state index contributed by atoms with van der Waals surface area (Å²) < 4.78 is 6.13. The number of nitriles is 1. The van der Waals surface area contributed by atoms with E-state index < -0.39 is 0 Å². The highest BCUT2D eigenvalue weighted by molar-refractivity contribution is 9.10. The van der Waals surface area contributed by atoms with Crippen LogP contribution in [0, 0.1) is 25.2 Å². The second kappa shape index (κ2) is 5.93. The van der Waals surface area contributed by atoms with E-state index in [0.717, 1.165) is 33.0 Å². The molecule has 0 saturated heterocycles. The lowest BCUT2D eigenvalue weighted by molar-refractivity contribution is 0.415. The minimum Gasteiger partial charge on any atom is -0.497 e. The first kappa shape index (κ1) is 14.4. The summed E-state index contributed by atoms with van der Waals surface area (Å²) >= 11 is 3.43. The number of aromatic nitrogens is 1. The van der Waals surface area contributed by atoms with Crippen LogP contribution < -0.4 is 10.1 Å². The van der Waals surface area contributed by atoms with Crippen LogP contribution in [0.5, 0.6) is 5.75 Å². The quantitative estimate of drug-likeness (QED) is 0.920. The number of anilines is 2. The number of ether oxygens (including phenoxy) is 1. The summed E-state index contributed by atoms with van der Waals surface area (Å²) in [5, 5.41) is 12.5. The third kappa shape index (κ3) is 3.09. The molecule has 1 heterocycles. The SMILES string of the molecule is COc1cc(Br)cc(Nc2cc(C)nc(C)c2C#N)c1. The molecular formula is C15H14BrN3O. The Morgan fingerprint density at radius 1 is 1.25 bits per heavy atom. The number of halogens is 1. The molecule has 0 aliphatic heterocycles. The molecule has 0 bridgehead atoms. The molecule has 0 radical (unpaired) electrons. The van der Waals surface area contributed by atoms with Gasteiger partial charge in [-0.1, -0.05) is 15.9 Å². The molecule has 0 aliphatic carbocycles. The van der Waals surface area contributed by atoms with E-state index in [-0.39, 0.29) is 0 Å². The number of rotatable bonds is 3. The standard InChI is InChI=1S/C15H14BrN3O/c1-9-4-15(14(8-17)10(2)18-9)19-12-5-11(16)6-13(7-12)20-3/h4-7H,1-3H3,(H,18,19). The first-order valence-electron chi connectivity index (χ1n) is 6.03. The van der Waals surface area contributed by atoms with Gasteiger partial charge in [0.2, 0.25) is 0 Å². The zero-order valence-corrected chi connectivity index (χ0v) is 13.1. The molecule has 1 N–H and O–H groups in total. The van der Waals surface area contributed by atoms with Crippen molar-refractivity contribution in [3.05, 3.63) is 45.7 Å². The Hall–Kier alpha value is -2.06. The van der Waals surface area contributed by atoms with Crippen molar-refractivity contribution in [2.45, 2.75) is 13.8 Å². The van der Waals surface area contributed by atoms with Crippen LogP contribution in [0.1, 0.15) is 17.0 Å². The highest BCUT2D eigenvalue weighted by Crippen LogP contribution is 2.29. The van der Waals surface area contributed by atoms with Crippen LogP contribution in [0.2, 0.25) is 0 Å². The predicted octanol–water partition coefficient (Wildman–Crippen LogP) is 4.08. The molecule has 5 heteroatoms. The summed E-state index contributed by atoms with van der Waals surface area (Å²) in [5.41, 5.74) is 3.73. The average Bonchev–Trinajstić information content (AvgIpc) is 2.37. The van der Waals surface area contributed by atoms with E-state index in [9.17, 15) is 5.26 Å².